The van der Waals surface area contributed by atoms with Gasteiger partial charge in [0.15, 0.2) is 0 Å². The molecule has 30 heavy (non-hydrogen) atoms. The summed E-state index contributed by atoms with van der Waals surface area (Å²) < 4.78 is 0. The molecule has 0 aliphatic carbocycles. The molecule has 0 bridgehead atoms. The highest BCUT2D eigenvalue weighted by molar-refractivity contribution is 6.08. The largest absolute Gasteiger partial charge is 0.322 e. The van der Waals surface area contributed by atoms with Crippen LogP contribution in [-0.2, 0) is 6.42 Å². The van der Waals surface area contributed by atoms with Crippen molar-refractivity contribution in [1.82, 2.24) is 0 Å². The van der Waals surface area contributed by atoms with E-state index in [1.54, 1.807) is 29.2 Å². The molecule has 2 amide bonds. The number of para-hydroxylation sites is 1. The second kappa shape index (κ2) is 8.16. The molecule has 0 saturated heterocycles. The van der Waals surface area contributed by atoms with E-state index in [2.05, 4.69) is 5.32 Å². The standard InChI is InChI=1S/C23H19N3O4/c27-22(19-10-4-5-11-21(19)26(29)30)24-18-12-13-20-17(15-18)9-6-14-25(20)23(28)16-7-2-1-3-8-16/h1-5,7-8,10-13,15H,6,9,14H2,(H,24,27). The molecule has 7 heteroatoms. The number of aryl methyl sites for hydroxylation is 1. The number of fused-ring (bicyclic) bond motifs is 1. The normalized spacial score (nSPS) is 12.7. The molecule has 0 fully saturated rings. The third-order valence-electron chi connectivity index (χ3n) is 5.07. The Balaban J connectivity index is 1.58. The lowest BCUT2D eigenvalue weighted by molar-refractivity contribution is -0.385. The lowest BCUT2D eigenvalue weighted by Gasteiger charge is -2.30. The minimum atomic E-state index is -0.575. The minimum absolute atomic E-state index is 0.00102. The number of carbonyl (C=O) groups is 2. The number of carbonyl (C=O) groups excluding carboxylic acids is 2. The molecule has 3 aromatic carbocycles. The maximum absolute atomic E-state index is 12.9. The quantitative estimate of drug-likeness (QED) is 0.517. The highest BCUT2D eigenvalue weighted by Gasteiger charge is 2.24. The van der Waals surface area contributed by atoms with Crippen LogP contribution in [0.1, 0.15) is 32.7 Å². The molecule has 3 aromatic rings. The van der Waals surface area contributed by atoms with Gasteiger partial charge in [-0.1, -0.05) is 30.3 Å². The fourth-order valence-electron chi connectivity index (χ4n) is 3.65. The van der Waals surface area contributed by atoms with Crippen LogP contribution in [0.5, 0.6) is 0 Å². The number of hydrogen-bond acceptors (Lipinski definition) is 4. The van der Waals surface area contributed by atoms with E-state index in [1.165, 1.54) is 18.2 Å². The molecular formula is C23H19N3O4. The van der Waals surface area contributed by atoms with Crippen molar-refractivity contribution in [3.8, 4) is 0 Å². The molecule has 0 saturated carbocycles. The first-order valence-electron chi connectivity index (χ1n) is 9.59. The van der Waals surface area contributed by atoms with Gasteiger partial charge in [0, 0.05) is 29.5 Å². The number of nitro groups is 1. The van der Waals surface area contributed by atoms with E-state index in [1.807, 2.05) is 30.3 Å². The van der Waals surface area contributed by atoms with Crippen molar-refractivity contribution in [1.29, 1.82) is 0 Å². The smallest absolute Gasteiger partial charge is 0.282 e. The van der Waals surface area contributed by atoms with Crippen LogP contribution in [0.2, 0.25) is 0 Å². The molecule has 0 radical (unpaired) electrons. The van der Waals surface area contributed by atoms with Crippen molar-refractivity contribution in [2.24, 2.45) is 0 Å². The van der Waals surface area contributed by atoms with Gasteiger partial charge in [-0.2, -0.15) is 0 Å². The van der Waals surface area contributed by atoms with Crippen molar-refractivity contribution in [3.05, 3.63) is 99.6 Å². The Morgan fingerprint density at radius 2 is 1.70 bits per heavy atom. The first-order valence-corrected chi connectivity index (χ1v) is 9.59. The van der Waals surface area contributed by atoms with Crippen LogP contribution in [-0.4, -0.2) is 23.3 Å². The Hall–Kier alpha value is -4.00. The molecule has 1 heterocycles. The van der Waals surface area contributed by atoms with Crippen LogP contribution in [0.3, 0.4) is 0 Å². The minimum Gasteiger partial charge on any atom is -0.322 e. The summed E-state index contributed by atoms with van der Waals surface area (Å²) in [5.41, 5.74) is 2.68. The van der Waals surface area contributed by atoms with E-state index in [4.69, 9.17) is 0 Å². The van der Waals surface area contributed by atoms with Gasteiger partial charge in [-0.15, -0.1) is 0 Å². The predicted molar refractivity (Wildman–Crippen MR) is 114 cm³/mol. The molecule has 0 aromatic heterocycles. The third-order valence-corrected chi connectivity index (χ3v) is 5.07. The molecule has 7 nitrogen and oxygen atoms in total. The summed E-state index contributed by atoms with van der Waals surface area (Å²) >= 11 is 0. The zero-order valence-electron chi connectivity index (χ0n) is 16.1. The summed E-state index contributed by atoms with van der Waals surface area (Å²) in [6.45, 7) is 0.628. The molecular weight excluding hydrogens is 382 g/mol. The highest BCUT2D eigenvalue weighted by atomic mass is 16.6. The van der Waals surface area contributed by atoms with Gasteiger partial charge >= 0.3 is 0 Å². The first kappa shape index (κ1) is 19.3. The SMILES string of the molecule is O=C(Nc1ccc2c(c1)CCCN2C(=O)c1ccccc1)c1ccccc1[N+](=O)[O-]. The zero-order valence-corrected chi connectivity index (χ0v) is 16.1. The Bertz CT molecular complexity index is 1130. The van der Waals surface area contributed by atoms with Gasteiger partial charge in [-0.05, 0) is 54.8 Å². The average molecular weight is 401 g/mol. The molecule has 4 rings (SSSR count). The van der Waals surface area contributed by atoms with E-state index >= 15 is 0 Å². The third kappa shape index (κ3) is 3.77. The van der Waals surface area contributed by atoms with Gasteiger partial charge in [0.25, 0.3) is 17.5 Å². The fraction of sp³-hybridized carbons (Fsp3) is 0.130. The Kier molecular flexibility index (Phi) is 5.26. The summed E-state index contributed by atoms with van der Waals surface area (Å²) in [6, 6.07) is 20.3. The molecule has 0 unspecified atom stereocenters. The number of benzene rings is 3. The summed E-state index contributed by atoms with van der Waals surface area (Å²) in [7, 11) is 0. The summed E-state index contributed by atoms with van der Waals surface area (Å²) in [6.07, 6.45) is 1.59. The van der Waals surface area contributed by atoms with E-state index in [9.17, 15) is 19.7 Å². The Labute approximate surface area is 173 Å². The summed E-state index contributed by atoms with van der Waals surface area (Å²) in [5.74, 6) is -0.608. The van der Waals surface area contributed by atoms with Gasteiger partial charge in [0.1, 0.15) is 5.56 Å². The number of amides is 2. The number of hydrogen-bond donors (Lipinski definition) is 1. The van der Waals surface area contributed by atoms with Crippen LogP contribution in [0.25, 0.3) is 0 Å². The number of nitro benzene ring substituents is 1. The summed E-state index contributed by atoms with van der Waals surface area (Å²) in [4.78, 5) is 37.8. The number of rotatable bonds is 4. The zero-order chi connectivity index (χ0) is 21.1. The maximum atomic E-state index is 12.9. The fourth-order valence-corrected chi connectivity index (χ4v) is 3.65. The topological polar surface area (TPSA) is 92.6 Å². The number of anilines is 2. The second-order valence-corrected chi connectivity index (χ2v) is 7.00. The van der Waals surface area contributed by atoms with Crippen LogP contribution in [0, 0.1) is 10.1 Å². The van der Waals surface area contributed by atoms with Gasteiger partial charge in [0.2, 0.25) is 0 Å². The van der Waals surface area contributed by atoms with Crippen molar-refractivity contribution < 1.29 is 14.5 Å². The Morgan fingerprint density at radius 3 is 2.47 bits per heavy atom. The average Bonchev–Trinajstić information content (AvgIpc) is 2.78. The van der Waals surface area contributed by atoms with Crippen molar-refractivity contribution in [2.45, 2.75) is 12.8 Å². The maximum Gasteiger partial charge on any atom is 0.282 e. The monoisotopic (exact) mass is 401 g/mol. The van der Waals surface area contributed by atoms with Crippen LogP contribution in [0.4, 0.5) is 17.1 Å². The molecule has 150 valence electrons. The number of nitrogens with one attached hydrogen (secondary N) is 1. The van der Waals surface area contributed by atoms with E-state index in [0.717, 1.165) is 24.1 Å². The van der Waals surface area contributed by atoms with E-state index in [-0.39, 0.29) is 17.2 Å². The van der Waals surface area contributed by atoms with E-state index < -0.39 is 10.8 Å². The molecule has 1 aliphatic heterocycles. The molecule has 1 aliphatic rings. The predicted octanol–water partition coefficient (Wildman–Crippen LogP) is 4.44. The van der Waals surface area contributed by atoms with Crippen LogP contribution < -0.4 is 10.2 Å². The van der Waals surface area contributed by atoms with Gasteiger partial charge < -0.3 is 10.2 Å². The van der Waals surface area contributed by atoms with Crippen LogP contribution >= 0.6 is 0 Å². The van der Waals surface area contributed by atoms with E-state index in [0.29, 0.717) is 17.8 Å². The molecule has 0 spiro atoms. The number of nitrogens with zero attached hydrogens (tertiary/aromatic N) is 2. The highest BCUT2D eigenvalue weighted by Crippen LogP contribution is 2.31. The summed E-state index contributed by atoms with van der Waals surface area (Å²) in [5, 5.41) is 13.9. The van der Waals surface area contributed by atoms with Crippen LogP contribution in [0.15, 0.2) is 72.8 Å². The van der Waals surface area contributed by atoms with Crippen molar-refractivity contribution >= 4 is 28.9 Å². The van der Waals surface area contributed by atoms with Gasteiger partial charge in [-0.25, -0.2) is 0 Å². The van der Waals surface area contributed by atoms with Gasteiger partial charge in [-0.3, -0.25) is 19.7 Å². The molecule has 1 N–H and O–H groups in total. The lowest BCUT2D eigenvalue weighted by atomic mass is 9.99. The van der Waals surface area contributed by atoms with Crippen molar-refractivity contribution in [3.63, 3.8) is 0 Å². The Morgan fingerprint density at radius 1 is 0.967 bits per heavy atom. The van der Waals surface area contributed by atoms with Crippen molar-refractivity contribution in [2.75, 3.05) is 16.8 Å². The first-order chi connectivity index (χ1) is 14.5. The van der Waals surface area contributed by atoms with Gasteiger partial charge in [0.05, 0.1) is 4.92 Å². The molecule has 0 atom stereocenters. The lowest BCUT2D eigenvalue weighted by Crippen LogP contribution is -2.35. The second-order valence-electron chi connectivity index (χ2n) is 7.00.